The Morgan fingerprint density at radius 2 is 2.00 bits per heavy atom. The number of nitrogens with one attached hydrogen (secondary N) is 2. The van der Waals surface area contributed by atoms with Gasteiger partial charge in [-0.05, 0) is 31.0 Å². The van der Waals surface area contributed by atoms with Gasteiger partial charge in [-0.3, -0.25) is 9.69 Å². The molecule has 1 amide bonds. The van der Waals surface area contributed by atoms with Crippen molar-refractivity contribution in [1.82, 2.24) is 9.88 Å². The molecule has 1 aliphatic heterocycles. The second-order valence-corrected chi connectivity index (χ2v) is 7.32. The molecule has 0 aliphatic carbocycles. The standard InChI is InChI=1S/C20H22N4O2/c1-13-5-7-14(8-6-13)9-10-24-12-21-17-15(18(24)25)11-16(22-17)23-19(26)20(2,3)4/h5-8,11-12,18,22,25H,1-4H3,(H,23,26). The van der Waals surface area contributed by atoms with Crippen molar-refractivity contribution < 1.29 is 9.90 Å². The highest BCUT2D eigenvalue weighted by Crippen LogP contribution is 2.33. The lowest BCUT2D eigenvalue weighted by Gasteiger charge is -2.22. The average Bonchev–Trinajstić information content (AvgIpc) is 2.98. The fourth-order valence-electron chi connectivity index (χ4n) is 2.33. The summed E-state index contributed by atoms with van der Waals surface area (Å²) in [6.07, 6.45) is 0.511. The predicted octanol–water partition coefficient (Wildman–Crippen LogP) is 3.28. The van der Waals surface area contributed by atoms with Gasteiger partial charge in [-0.1, -0.05) is 38.5 Å². The van der Waals surface area contributed by atoms with Gasteiger partial charge in [-0.15, -0.1) is 0 Å². The third kappa shape index (κ3) is 3.79. The van der Waals surface area contributed by atoms with Crippen molar-refractivity contribution in [3.05, 3.63) is 47.0 Å². The smallest absolute Gasteiger partial charge is 0.230 e. The zero-order chi connectivity index (χ0) is 18.9. The monoisotopic (exact) mass is 350 g/mol. The highest BCUT2D eigenvalue weighted by atomic mass is 16.3. The Bertz CT molecular complexity index is 908. The number of aliphatic hydroxyl groups excluding tert-OH is 1. The van der Waals surface area contributed by atoms with E-state index in [0.717, 1.165) is 11.1 Å². The summed E-state index contributed by atoms with van der Waals surface area (Å²) in [5, 5.41) is 13.4. The molecule has 6 nitrogen and oxygen atoms in total. The molecule has 1 aliphatic rings. The lowest BCUT2D eigenvalue weighted by atomic mass is 9.96. The number of hydrogen-bond donors (Lipinski definition) is 3. The second-order valence-electron chi connectivity index (χ2n) is 7.32. The minimum absolute atomic E-state index is 0.120. The fourth-order valence-corrected chi connectivity index (χ4v) is 2.33. The zero-order valence-electron chi connectivity index (χ0n) is 15.3. The number of rotatable bonds is 1. The van der Waals surface area contributed by atoms with Crippen LogP contribution in [0.15, 0.2) is 35.3 Å². The van der Waals surface area contributed by atoms with E-state index in [1.165, 1.54) is 11.2 Å². The van der Waals surface area contributed by atoms with E-state index in [1.807, 2.05) is 52.0 Å². The molecular weight excluding hydrogens is 328 g/mol. The van der Waals surface area contributed by atoms with E-state index < -0.39 is 11.6 Å². The Balaban J connectivity index is 1.77. The highest BCUT2D eigenvalue weighted by molar-refractivity contribution is 5.94. The molecule has 3 rings (SSSR count). The van der Waals surface area contributed by atoms with Gasteiger partial charge < -0.3 is 15.4 Å². The van der Waals surface area contributed by atoms with Crippen molar-refractivity contribution in [2.24, 2.45) is 10.4 Å². The summed E-state index contributed by atoms with van der Waals surface area (Å²) >= 11 is 0. The first kappa shape index (κ1) is 17.8. The van der Waals surface area contributed by atoms with Crippen LogP contribution in [-0.4, -0.2) is 27.2 Å². The summed E-state index contributed by atoms with van der Waals surface area (Å²) in [4.78, 5) is 20.8. The summed E-state index contributed by atoms with van der Waals surface area (Å²) in [7, 11) is 0. The molecular formula is C20H22N4O2. The SMILES string of the molecule is Cc1ccc(C#CN2C=Nc3[nH]c(NC(=O)C(C)(C)C)cc3C2O)cc1. The number of aliphatic imine (C=N–C) groups is 1. The van der Waals surface area contributed by atoms with Crippen LogP contribution in [-0.2, 0) is 4.79 Å². The van der Waals surface area contributed by atoms with Crippen LogP contribution in [0.25, 0.3) is 0 Å². The van der Waals surface area contributed by atoms with E-state index in [2.05, 4.69) is 27.3 Å². The van der Waals surface area contributed by atoms with Gasteiger partial charge in [0.15, 0.2) is 6.23 Å². The molecule has 0 radical (unpaired) electrons. The van der Waals surface area contributed by atoms with Gasteiger partial charge in [0.1, 0.15) is 18.0 Å². The Morgan fingerprint density at radius 3 is 2.65 bits per heavy atom. The van der Waals surface area contributed by atoms with Crippen LogP contribution >= 0.6 is 0 Å². The Kier molecular flexibility index (Phi) is 4.58. The summed E-state index contributed by atoms with van der Waals surface area (Å²) in [5.74, 6) is 3.90. The predicted molar refractivity (Wildman–Crippen MR) is 102 cm³/mol. The third-order valence-corrected chi connectivity index (χ3v) is 3.99. The first-order valence-corrected chi connectivity index (χ1v) is 8.37. The molecule has 134 valence electrons. The minimum atomic E-state index is -0.961. The quantitative estimate of drug-likeness (QED) is 0.691. The Hall–Kier alpha value is -3.04. The molecule has 0 saturated heterocycles. The van der Waals surface area contributed by atoms with E-state index in [9.17, 15) is 9.90 Å². The number of hydrogen-bond acceptors (Lipinski definition) is 4. The molecule has 26 heavy (non-hydrogen) atoms. The number of fused-ring (bicyclic) bond motifs is 1. The van der Waals surface area contributed by atoms with Crippen molar-refractivity contribution in [3.8, 4) is 12.0 Å². The number of nitrogens with zero attached hydrogens (tertiary/aromatic N) is 2. The first-order valence-electron chi connectivity index (χ1n) is 8.37. The fraction of sp³-hybridized carbons (Fsp3) is 0.300. The van der Waals surface area contributed by atoms with Gasteiger partial charge in [0, 0.05) is 22.6 Å². The maximum Gasteiger partial charge on any atom is 0.230 e. The molecule has 0 fully saturated rings. The number of anilines is 1. The van der Waals surface area contributed by atoms with Crippen LogP contribution in [0.3, 0.4) is 0 Å². The lowest BCUT2D eigenvalue weighted by molar-refractivity contribution is -0.123. The van der Waals surface area contributed by atoms with Gasteiger partial charge >= 0.3 is 0 Å². The lowest BCUT2D eigenvalue weighted by Crippen LogP contribution is -2.27. The van der Waals surface area contributed by atoms with E-state index in [-0.39, 0.29) is 5.91 Å². The van der Waals surface area contributed by atoms with Gasteiger partial charge in [0.05, 0.1) is 0 Å². The summed E-state index contributed by atoms with van der Waals surface area (Å²) < 4.78 is 0. The van der Waals surface area contributed by atoms with Gasteiger partial charge in [-0.25, -0.2) is 4.99 Å². The molecule has 2 aromatic rings. The number of H-pyrrole nitrogens is 1. The van der Waals surface area contributed by atoms with E-state index in [4.69, 9.17) is 0 Å². The molecule has 3 N–H and O–H groups in total. The minimum Gasteiger partial charge on any atom is -0.368 e. The van der Waals surface area contributed by atoms with Crippen LogP contribution in [0.4, 0.5) is 11.6 Å². The molecule has 0 saturated carbocycles. The van der Waals surface area contributed by atoms with Gasteiger partial charge in [-0.2, -0.15) is 0 Å². The molecule has 0 bridgehead atoms. The number of aromatic nitrogens is 1. The molecule has 1 atom stereocenters. The van der Waals surface area contributed by atoms with Crippen LogP contribution < -0.4 is 5.32 Å². The highest BCUT2D eigenvalue weighted by Gasteiger charge is 2.26. The van der Waals surface area contributed by atoms with Gasteiger partial charge in [0.2, 0.25) is 5.91 Å². The van der Waals surface area contributed by atoms with Crippen molar-refractivity contribution in [3.63, 3.8) is 0 Å². The molecule has 1 unspecified atom stereocenters. The molecule has 1 aromatic heterocycles. The Morgan fingerprint density at radius 1 is 1.31 bits per heavy atom. The summed E-state index contributed by atoms with van der Waals surface area (Å²) in [5.41, 5.74) is 2.07. The van der Waals surface area contributed by atoms with Crippen molar-refractivity contribution in [2.75, 3.05) is 5.32 Å². The third-order valence-electron chi connectivity index (χ3n) is 3.99. The van der Waals surface area contributed by atoms with Crippen molar-refractivity contribution in [1.29, 1.82) is 0 Å². The van der Waals surface area contributed by atoms with E-state index >= 15 is 0 Å². The zero-order valence-corrected chi connectivity index (χ0v) is 15.3. The first-order chi connectivity index (χ1) is 12.2. The topological polar surface area (TPSA) is 80.7 Å². The van der Waals surface area contributed by atoms with Crippen LogP contribution in [0.2, 0.25) is 0 Å². The summed E-state index contributed by atoms with van der Waals surface area (Å²) in [6.45, 7) is 7.52. The number of benzene rings is 1. The molecule has 1 aromatic carbocycles. The molecule has 2 heterocycles. The summed E-state index contributed by atoms with van der Waals surface area (Å²) in [6, 6.07) is 12.4. The number of carbonyl (C=O) groups is 1. The molecule has 0 spiro atoms. The number of aryl methyl sites for hydroxylation is 1. The van der Waals surface area contributed by atoms with Crippen molar-refractivity contribution in [2.45, 2.75) is 33.9 Å². The normalized spacial score (nSPS) is 15.9. The maximum atomic E-state index is 12.1. The molecule has 6 heteroatoms. The van der Waals surface area contributed by atoms with E-state index in [0.29, 0.717) is 17.2 Å². The average molecular weight is 350 g/mol. The number of amides is 1. The van der Waals surface area contributed by atoms with Crippen molar-refractivity contribution >= 4 is 23.9 Å². The number of carbonyl (C=O) groups excluding carboxylic acids is 1. The van der Waals surface area contributed by atoms with Crippen LogP contribution in [0, 0.1) is 24.3 Å². The maximum absolute atomic E-state index is 12.1. The van der Waals surface area contributed by atoms with Crippen LogP contribution in [0.5, 0.6) is 0 Å². The second kappa shape index (κ2) is 6.70. The number of aromatic amines is 1. The van der Waals surface area contributed by atoms with Gasteiger partial charge in [0.25, 0.3) is 0 Å². The Labute approximate surface area is 153 Å². The van der Waals surface area contributed by atoms with E-state index in [1.54, 1.807) is 6.07 Å². The van der Waals surface area contributed by atoms with Crippen LogP contribution in [0.1, 0.15) is 43.7 Å². The largest absolute Gasteiger partial charge is 0.368 e. The number of aliphatic hydroxyl groups is 1.